The summed E-state index contributed by atoms with van der Waals surface area (Å²) in [6.07, 6.45) is 0.185. The Balaban J connectivity index is 2.67. The van der Waals surface area contributed by atoms with Crippen molar-refractivity contribution in [3.05, 3.63) is 35.4 Å². The molecule has 0 saturated carbocycles. The highest BCUT2D eigenvalue weighted by Gasteiger charge is 2.15. The van der Waals surface area contributed by atoms with Crippen molar-refractivity contribution in [2.75, 3.05) is 7.11 Å². The van der Waals surface area contributed by atoms with Gasteiger partial charge in [0.1, 0.15) is 0 Å². The Morgan fingerprint density at radius 3 is 2.73 bits per heavy atom. The molecule has 0 spiro atoms. The van der Waals surface area contributed by atoms with E-state index in [0.29, 0.717) is 6.42 Å². The van der Waals surface area contributed by atoms with E-state index in [1.807, 2.05) is 24.3 Å². The van der Waals surface area contributed by atoms with Crippen LogP contribution in [0.1, 0.15) is 18.1 Å². The van der Waals surface area contributed by atoms with Crippen LogP contribution in [0.4, 0.5) is 0 Å². The van der Waals surface area contributed by atoms with Crippen molar-refractivity contribution >= 4 is 5.97 Å². The maximum absolute atomic E-state index is 11.0. The number of carbonyl (C=O) groups excluding carboxylic acids is 1. The number of aliphatic hydroxyl groups is 1. The van der Waals surface area contributed by atoms with Gasteiger partial charge in [0.2, 0.25) is 0 Å². The first kappa shape index (κ1) is 11.7. The third kappa shape index (κ3) is 3.36. The van der Waals surface area contributed by atoms with Crippen LogP contribution in [-0.2, 0) is 22.4 Å². The molecule has 1 aromatic rings. The average molecular weight is 208 g/mol. The molecule has 0 radical (unpaired) electrons. The second kappa shape index (κ2) is 5.51. The molecule has 0 aliphatic rings. The van der Waals surface area contributed by atoms with Crippen molar-refractivity contribution < 1.29 is 14.6 Å². The quantitative estimate of drug-likeness (QED) is 0.759. The molecule has 0 aliphatic carbocycles. The number of aliphatic hydroxyl groups excluding tert-OH is 1. The molecule has 0 heterocycles. The lowest BCUT2D eigenvalue weighted by Gasteiger charge is -2.08. The summed E-state index contributed by atoms with van der Waals surface area (Å²) in [6.45, 7) is 2.07. The number of carbonyl (C=O) groups is 1. The summed E-state index contributed by atoms with van der Waals surface area (Å²) in [4.78, 5) is 11.0. The minimum Gasteiger partial charge on any atom is -0.467 e. The molecule has 1 N–H and O–H groups in total. The van der Waals surface area contributed by atoms with Crippen LogP contribution in [0, 0.1) is 0 Å². The number of methoxy groups -OCH3 is 1. The molecule has 1 aromatic carbocycles. The van der Waals surface area contributed by atoms with E-state index in [0.717, 1.165) is 12.0 Å². The first-order chi connectivity index (χ1) is 7.17. The molecule has 1 unspecified atom stereocenters. The number of rotatable bonds is 4. The van der Waals surface area contributed by atoms with Crippen LogP contribution < -0.4 is 0 Å². The lowest BCUT2D eigenvalue weighted by molar-refractivity contribution is -0.150. The maximum atomic E-state index is 11.0. The topological polar surface area (TPSA) is 46.5 Å². The monoisotopic (exact) mass is 208 g/mol. The molecule has 82 valence electrons. The van der Waals surface area contributed by atoms with Gasteiger partial charge in [-0.15, -0.1) is 0 Å². The highest BCUT2D eigenvalue weighted by Crippen LogP contribution is 2.09. The largest absolute Gasteiger partial charge is 0.467 e. The number of hydrogen-bond acceptors (Lipinski definition) is 3. The Hall–Kier alpha value is -1.35. The van der Waals surface area contributed by atoms with Gasteiger partial charge in [-0.1, -0.05) is 31.2 Å². The third-order valence-corrected chi connectivity index (χ3v) is 2.30. The van der Waals surface area contributed by atoms with E-state index >= 15 is 0 Å². The SMILES string of the molecule is CCc1cccc(CC(O)C(=O)OC)c1. The fourth-order valence-corrected chi connectivity index (χ4v) is 1.42. The molecule has 0 amide bonds. The van der Waals surface area contributed by atoms with Crippen LogP contribution in [0.25, 0.3) is 0 Å². The summed E-state index contributed by atoms with van der Waals surface area (Å²) in [5.74, 6) is -0.586. The maximum Gasteiger partial charge on any atom is 0.335 e. The Morgan fingerprint density at radius 1 is 1.47 bits per heavy atom. The smallest absolute Gasteiger partial charge is 0.335 e. The van der Waals surface area contributed by atoms with Crippen LogP contribution in [0.15, 0.2) is 24.3 Å². The van der Waals surface area contributed by atoms with E-state index in [9.17, 15) is 9.90 Å². The molecule has 0 aromatic heterocycles. The van der Waals surface area contributed by atoms with Crippen molar-refractivity contribution in [3.63, 3.8) is 0 Å². The normalized spacial score (nSPS) is 12.2. The van der Waals surface area contributed by atoms with Gasteiger partial charge < -0.3 is 9.84 Å². The van der Waals surface area contributed by atoms with Gasteiger partial charge in [0.25, 0.3) is 0 Å². The predicted octanol–water partition coefficient (Wildman–Crippen LogP) is 1.33. The van der Waals surface area contributed by atoms with E-state index in [4.69, 9.17) is 0 Å². The first-order valence-corrected chi connectivity index (χ1v) is 5.01. The molecule has 0 aliphatic heterocycles. The Kier molecular flexibility index (Phi) is 4.31. The first-order valence-electron chi connectivity index (χ1n) is 5.01. The third-order valence-electron chi connectivity index (χ3n) is 2.30. The zero-order valence-electron chi connectivity index (χ0n) is 9.06. The predicted molar refractivity (Wildman–Crippen MR) is 57.5 cm³/mol. The van der Waals surface area contributed by atoms with Gasteiger partial charge in [0.15, 0.2) is 6.10 Å². The fourth-order valence-electron chi connectivity index (χ4n) is 1.42. The van der Waals surface area contributed by atoms with Crippen molar-refractivity contribution in [2.24, 2.45) is 0 Å². The zero-order valence-corrected chi connectivity index (χ0v) is 9.06. The van der Waals surface area contributed by atoms with E-state index in [-0.39, 0.29) is 0 Å². The van der Waals surface area contributed by atoms with Crippen LogP contribution in [-0.4, -0.2) is 24.3 Å². The van der Waals surface area contributed by atoms with Gasteiger partial charge in [0.05, 0.1) is 7.11 Å². The van der Waals surface area contributed by atoms with Crippen molar-refractivity contribution in [1.82, 2.24) is 0 Å². The van der Waals surface area contributed by atoms with Gasteiger partial charge >= 0.3 is 5.97 Å². The number of benzene rings is 1. The van der Waals surface area contributed by atoms with Gasteiger partial charge in [-0.3, -0.25) is 0 Å². The number of aryl methyl sites for hydroxylation is 1. The number of hydrogen-bond donors (Lipinski definition) is 1. The standard InChI is InChI=1S/C12H16O3/c1-3-9-5-4-6-10(7-9)8-11(13)12(14)15-2/h4-7,11,13H,3,8H2,1-2H3. The number of esters is 1. The molecule has 3 heteroatoms. The van der Waals surface area contributed by atoms with Crippen LogP contribution in [0.2, 0.25) is 0 Å². The Morgan fingerprint density at radius 2 is 2.13 bits per heavy atom. The summed E-state index contributed by atoms with van der Waals surface area (Å²) in [5.41, 5.74) is 2.15. The van der Waals surface area contributed by atoms with E-state index in [2.05, 4.69) is 11.7 Å². The molecule has 1 atom stereocenters. The van der Waals surface area contributed by atoms with E-state index < -0.39 is 12.1 Å². The van der Waals surface area contributed by atoms with Gasteiger partial charge in [-0.2, -0.15) is 0 Å². The summed E-state index contributed by atoms with van der Waals surface area (Å²) in [5, 5.41) is 9.46. The summed E-state index contributed by atoms with van der Waals surface area (Å²) in [7, 11) is 1.27. The fraction of sp³-hybridized carbons (Fsp3) is 0.417. The molecule has 0 saturated heterocycles. The van der Waals surface area contributed by atoms with Crippen molar-refractivity contribution in [1.29, 1.82) is 0 Å². The minimum atomic E-state index is -1.07. The van der Waals surface area contributed by atoms with Gasteiger partial charge in [0, 0.05) is 6.42 Å². The van der Waals surface area contributed by atoms with Crippen molar-refractivity contribution in [2.45, 2.75) is 25.9 Å². The average Bonchev–Trinajstić information content (AvgIpc) is 2.28. The van der Waals surface area contributed by atoms with Crippen LogP contribution in [0.3, 0.4) is 0 Å². The van der Waals surface area contributed by atoms with Gasteiger partial charge in [-0.25, -0.2) is 4.79 Å². The zero-order chi connectivity index (χ0) is 11.3. The van der Waals surface area contributed by atoms with Crippen LogP contribution >= 0.6 is 0 Å². The number of ether oxygens (including phenoxy) is 1. The molecule has 15 heavy (non-hydrogen) atoms. The lowest BCUT2D eigenvalue weighted by Crippen LogP contribution is -2.24. The highest BCUT2D eigenvalue weighted by atomic mass is 16.5. The highest BCUT2D eigenvalue weighted by molar-refractivity contribution is 5.74. The Labute approximate surface area is 89.7 Å². The lowest BCUT2D eigenvalue weighted by atomic mass is 10.0. The summed E-state index contributed by atoms with van der Waals surface area (Å²) in [6, 6.07) is 7.84. The molecule has 3 nitrogen and oxygen atoms in total. The summed E-state index contributed by atoms with van der Waals surface area (Å²) >= 11 is 0. The van der Waals surface area contributed by atoms with Crippen LogP contribution in [0.5, 0.6) is 0 Å². The van der Waals surface area contributed by atoms with Gasteiger partial charge in [-0.05, 0) is 17.5 Å². The van der Waals surface area contributed by atoms with Crippen molar-refractivity contribution in [3.8, 4) is 0 Å². The molecule has 1 rings (SSSR count). The van der Waals surface area contributed by atoms with E-state index in [1.165, 1.54) is 12.7 Å². The Bertz CT molecular complexity index is 333. The molecule has 0 fully saturated rings. The molecular weight excluding hydrogens is 192 g/mol. The van der Waals surface area contributed by atoms with E-state index in [1.54, 1.807) is 0 Å². The summed E-state index contributed by atoms with van der Waals surface area (Å²) < 4.78 is 4.45. The molecular formula is C12H16O3. The second-order valence-electron chi connectivity index (χ2n) is 3.42. The minimum absolute atomic E-state index is 0.306. The second-order valence-corrected chi connectivity index (χ2v) is 3.42. The molecule has 0 bridgehead atoms.